The molecule has 0 aromatic carbocycles. The molecule has 0 fully saturated rings. The summed E-state index contributed by atoms with van der Waals surface area (Å²) in [5.41, 5.74) is 1.22. The molecule has 1 aromatic heterocycles. The van der Waals surface area contributed by atoms with Crippen molar-refractivity contribution >= 4 is 17.1 Å². The SMILES string of the molecule is CC(C)(C)C(=O)c1nncs1. The molecule has 0 amide bonds. The van der Waals surface area contributed by atoms with Crippen molar-refractivity contribution in [3.63, 3.8) is 0 Å². The van der Waals surface area contributed by atoms with Gasteiger partial charge in [0, 0.05) is 5.41 Å². The summed E-state index contributed by atoms with van der Waals surface area (Å²) in [6, 6.07) is 0. The Kier molecular flexibility index (Phi) is 2.04. The van der Waals surface area contributed by atoms with E-state index in [1.165, 1.54) is 11.3 Å². The smallest absolute Gasteiger partial charge is 0.198 e. The lowest BCUT2D eigenvalue weighted by Gasteiger charge is -2.13. The Labute approximate surface area is 69.5 Å². The van der Waals surface area contributed by atoms with Crippen molar-refractivity contribution in [2.45, 2.75) is 20.8 Å². The van der Waals surface area contributed by atoms with E-state index in [0.29, 0.717) is 5.01 Å². The summed E-state index contributed by atoms with van der Waals surface area (Å²) in [6.45, 7) is 5.62. The van der Waals surface area contributed by atoms with Crippen LogP contribution in [0.5, 0.6) is 0 Å². The lowest BCUT2D eigenvalue weighted by molar-refractivity contribution is 0.0857. The second-order valence-electron chi connectivity index (χ2n) is 3.32. The van der Waals surface area contributed by atoms with Gasteiger partial charge in [0.2, 0.25) is 0 Å². The normalized spacial score (nSPS) is 11.5. The van der Waals surface area contributed by atoms with E-state index in [2.05, 4.69) is 10.2 Å². The Bertz CT molecular complexity index is 248. The highest BCUT2D eigenvalue weighted by atomic mass is 32.1. The van der Waals surface area contributed by atoms with Gasteiger partial charge < -0.3 is 0 Å². The zero-order valence-corrected chi connectivity index (χ0v) is 7.60. The second-order valence-corrected chi connectivity index (χ2v) is 4.16. The molecule has 1 heterocycles. The zero-order chi connectivity index (χ0) is 8.48. The second kappa shape index (κ2) is 2.70. The van der Waals surface area contributed by atoms with E-state index in [1.54, 1.807) is 5.51 Å². The third-order valence-corrected chi connectivity index (χ3v) is 1.93. The minimum atomic E-state index is -0.348. The summed E-state index contributed by atoms with van der Waals surface area (Å²) in [4.78, 5) is 11.4. The van der Waals surface area contributed by atoms with Crippen LogP contribution in [0, 0.1) is 5.41 Å². The fraction of sp³-hybridized carbons (Fsp3) is 0.571. The molecule has 3 nitrogen and oxygen atoms in total. The number of carbonyl (C=O) groups is 1. The summed E-state index contributed by atoms with van der Waals surface area (Å²) in [5.74, 6) is 0.0556. The molecule has 0 N–H and O–H groups in total. The van der Waals surface area contributed by atoms with Crippen LogP contribution in [0.3, 0.4) is 0 Å². The van der Waals surface area contributed by atoms with Crippen LogP contribution in [0.25, 0.3) is 0 Å². The van der Waals surface area contributed by atoms with Crippen molar-refractivity contribution in [2.75, 3.05) is 0 Å². The molecular weight excluding hydrogens is 160 g/mol. The number of ketones is 1. The van der Waals surface area contributed by atoms with Crippen LogP contribution in [0.15, 0.2) is 5.51 Å². The van der Waals surface area contributed by atoms with E-state index >= 15 is 0 Å². The van der Waals surface area contributed by atoms with Gasteiger partial charge in [-0.25, -0.2) is 0 Å². The maximum Gasteiger partial charge on any atom is 0.198 e. The Morgan fingerprint density at radius 2 is 2.18 bits per heavy atom. The van der Waals surface area contributed by atoms with Gasteiger partial charge in [0.15, 0.2) is 10.8 Å². The van der Waals surface area contributed by atoms with Crippen LogP contribution < -0.4 is 0 Å². The van der Waals surface area contributed by atoms with Crippen molar-refractivity contribution in [1.29, 1.82) is 0 Å². The molecule has 0 unspecified atom stereocenters. The first-order valence-electron chi connectivity index (χ1n) is 3.33. The Morgan fingerprint density at radius 3 is 2.55 bits per heavy atom. The molecule has 0 bridgehead atoms. The van der Waals surface area contributed by atoms with Crippen molar-refractivity contribution in [3.8, 4) is 0 Å². The van der Waals surface area contributed by atoms with Crippen LogP contribution in [-0.2, 0) is 0 Å². The minimum absolute atomic E-state index is 0.0556. The van der Waals surface area contributed by atoms with Crippen molar-refractivity contribution < 1.29 is 4.79 Å². The molecule has 0 aliphatic heterocycles. The number of carbonyl (C=O) groups excluding carboxylic acids is 1. The lowest BCUT2D eigenvalue weighted by Crippen LogP contribution is -2.19. The molecule has 11 heavy (non-hydrogen) atoms. The molecule has 0 radical (unpaired) electrons. The minimum Gasteiger partial charge on any atom is -0.291 e. The Morgan fingerprint density at radius 1 is 1.55 bits per heavy atom. The van der Waals surface area contributed by atoms with Gasteiger partial charge in [0.1, 0.15) is 5.51 Å². The van der Waals surface area contributed by atoms with Gasteiger partial charge in [0.05, 0.1) is 0 Å². The van der Waals surface area contributed by atoms with Crippen LogP contribution in [-0.4, -0.2) is 16.0 Å². The van der Waals surface area contributed by atoms with Gasteiger partial charge in [-0.2, -0.15) is 0 Å². The highest BCUT2D eigenvalue weighted by Gasteiger charge is 2.25. The first-order chi connectivity index (χ1) is 5.02. The molecule has 0 saturated carbocycles. The van der Waals surface area contributed by atoms with Crippen molar-refractivity contribution in [2.24, 2.45) is 5.41 Å². The first kappa shape index (κ1) is 8.33. The third-order valence-electron chi connectivity index (χ3n) is 1.24. The van der Waals surface area contributed by atoms with Crippen LogP contribution >= 0.6 is 11.3 Å². The standard InChI is InChI=1S/C7H10N2OS/c1-7(2,3)5(10)6-9-8-4-11-6/h4H,1-3H3. The summed E-state index contributed by atoms with van der Waals surface area (Å²) in [6.07, 6.45) is 0. The van der Waals surface area contributed by atoms with Crippen LogP contribution in [0.1, 0.15) is 30.6 Å². The predicted molar refractivity (Wildman–Crippen MR) is 43.7 cm³/mol. The van der Waals surface area contributed by atoms with Gasteiger partial charge in [-0.1, -0.05) is 32.1 Å². The summed E-state index contributed by atoms with van der Waals surface area (Å²) in [7, 11) is 0. The van der Waals surface area contributed by atoms with E-state index in [-0.39, 0.29) is 11.2 Å². The number of aromatic nitrogens is 2. The van der Waals surface area contributed by atoms with Gasteiger partial charge in [-0.3, -0.25) is 4.79 Å². The van der Waals surface area contributed by atoms with Gasteiger partial charge >= 0.3 is 0 Å². The molecule has 0 spiro atoms. The van der Waals surface area contributed by atoms with E-state index < -0.39 is 0 Å². The number of nitrogens with zero attached hydrogens (tertiary/aromatic N) is 2. The largest absolute Gasteiger partial charge is 0.291 e. The average Bonchev–Trinajstić information content (AvgIpc) is 2.34. The Balaban J connectivity index is 2.88. The molecule has 0 atom stereocenters. The highest BCUT2D eigenvalue weighted by Crippen LogP contribution is 2.20. The van der Waals surface area contributed by atoms with E-state index in [0.717, 1.165) is 0 Å². The number of hydrogen-bond acceptors (Lipinski definition) is 4. The number of rotatable bonds is 1. The van der Waals surface area contributed by atoms with Gasteiger partial charge in [-0.15, -0.1) is 10.2 Å². The summed E-state index contributed by atoms with van der Waals surface area (Å²) in [5, 5.41) is 7.80. The third kappa shape index (κ3) is 1.83. The number of hydrogen-bond donors (Lipinski definition) is 0. The molecule has 1 aromatic rings. The zero-order valence-electron chi connectivity index (χ0n) is 6.79. The highest BCUT2D eigenvalue weighted by molar-refractivity contribution is 7.11. The van der Waals surface area contributed by atoms with E-state index in [1.807, 2.05) is 20.8 Å². The fourth-order valence-electron chi connectivity index (χ4n) is 0.593. The van der Waals surface area contributed by atoms with Gasteiger partial charge in [0.25, 0.3) is 0 Å². The molecule has 0 aliphatic carbocycles. The molecule has 0 saturated heterocycles. The Hall–Kier alpha value is -0.770. The molecular formula is C7H10N2OS. The molecule has 0 aliphatic rings. The predicted octanol–water partition coefficient (Wildman–Crippen LogP) is 1.77. The number of Topliss-reactive ketones (excluding diaryl/α,β-unsaturated/α-hetero) is 1. The van der Waals surface area contributed by atoms with Gasteiger partial charge in [-0.05, 0) is 0 Å². The maximum absolute atomic E-state index is 11.4. The molecule has 1 rings (SSSR count). The monoisotopic (exact) mass is 170 g/mol. The molecule has 4 heteroatoms. The van der Waals surface area contributed by atoms with E-state index in [4.69, 9.17) is 0 Å². The van der Waals surface area contributed by atoms with Crippen molar-refractivity contribution in [1.82, 2.24) is 10.2 Å². The summed E-state index contributed by atoms with van der Waals surface area (Å²) >= 11 is 1.29. The maximum atomic E-state index is 11.4. The fourth-order valence-corrected chi connectivity index (χ4v) is 1.29. The summed E-state index contributed by atoms with van der Waals surface area (Å²) < 4.78 is 0. The van der Waals surface area contributed by atoms with E-state index in [9.17, 15) is 4.79 Å². The quantitative estimate of drug-likeness (QED) is 0.603. The van der Waals surface area contributed by atoms with Crippen LogP contribution in [0.2, 0.25) is 0 Å². The first-order valence-corrected chi connectivity index (χ1v) is 4.21. The lowest BCUT2D eigenvalue weighted by atomic mass is 9.91. The van der Waals surface area contributed by atoms with Crippen LogP contribution in [0.4, 0.5) is 0 Å². The molecule has 60 valence electrons. The average molecular weight is 170 g/mol. The topological polar surface area (TPSA) is 42.9 Å². The van der Waals surface area contributed by atoms with Crippen molar-refractivity contribution in [3.05, 3.63) is 10.5 Å².